The first-order valence-corrected chi connectivity index (χ1v) is 4.64. The first-order valence-electron chi connectivity index (χ1n) is 3.52. The molecule has 0 bridgehead atoms. The average Bonchev–Trinajstić information content (AvgIpc) is 2.17. The molecule has 0 amide bonds. The van der Waals surface area contributed by atoms with Gasteiger partial charge in [-0.25, -0.2) is 4.39 Å². The van der Waals surface area contributed by atoms with E-state index in [-0.39, 0.29) is 0 Å². The van der Waals surface area contributed by atoms with Crippen LogP contribution in [-0.4, -0.2) is 12.5 Å². The third kappa shape index (κ3) is 2.14. The van der Waals surface area contributed by atoms with Crippen molar-refractivity contribution < 1.29 is 9.18 Å². The van der Waals surface area contributed by atoms with E-state index in [1.165, 1.54) is 0 Å². The third-order valence-electron chi connectivity index (χ3n) is 1.55. The Morgan fingerprint density at radius 2 is 1.92 bits per heavy atom. The van der Waals surface area contributed by atoms with E-state index in [0.717, 1.165) is 10.9 Å². The fourth-order valence-electron chi connectivity index (χ4n) is 0.857. The number of halogens is 2. The number of hydrogen-bond acceptors (Lipinski definition) is 1. The Morgan fingerprint density at radius 1 is 1.33 bits per heavy atom. The topological polar surface area (TPSA) is 17.1 Å². The molecule has 0 aliphatic heterocycles. The zero-order valence-corrected chi connectivity index (χ0v) is 7.97. The molecular formula is C9H8BrFO. The van der Waals surface area contributed by atoms with Crippen LogP contribution in [0.3, 0.4) is 0 Å². The lowest BCUT2D eigenvalue weighted by molar-refractivity contribution is 0.0958. The predicted octanol–water partition coefficient (Wildman–Crippen LogP) is 2.73. The van der Waals surface area contributed by atoms with Gasteiger partial charge in [0.05, 0.1) is 0 Å². The molecule has 0 fully saturated rings. The molecule has 0 saturated heterocycles. The lowest BCUT2D eigenvalue weighted by atomic mass is 10.1. The molecule has 0 heterocycles. The lowest BCUT2D eigenvalue weighted by Crippen LogP contribution is -2.00. The van der Waals surface area contributed by atoms with Gasteiger partial charge in [0.15, 0.2) is 12.5 Å². The van der Waals surface area contributed by atoms with Crippen molar-refractivity contribution in [1.29, 1.82) is 0 Å². The summed E-state index contributed by atoms with van der Waals surface area (Å²) in [5.74, 6) is -0.462. The van der Waals surface area contributed by atoms with Gasteiger partial charge in [-0.1, -0.05) is 40.2 Å². The van der Waals surface area contributed by atoms with Crippen LogP contribution in [0.1, 0.15) is 15.9 Å². The minimum Gasteiger partial charge on any atom is -0.291 e. The summed E-state index contributed by atoms with van der Waals surface area (Å²) in [5, 5.41) is 0.747. The van der Waals surface area contributed by atoms with Crippen LogP contribution in [0.4, 0.5) is 4.39 Å². The van der Waals surface area contributed by atoms with E-state index >= 15 is 0 Å². The molecule has 3 heteroatoms. The van der Waals surface area contributed by atoms with Gasteiger partial charge in [-0.3, -0.25) is 4.79 Å². The maximum Gasteiger partial charge on any atom is 0.193 e. The highest BCUT2D eigenvalue weighted by Crippen LogP contribution is 2.08. The molecule has 12 heavy (non-hydrogen) atoms. The normalized spacial score (nSPS) is 9.83. The first-order chi connectivity index (χ1) is 5.77. The van der Waals surface area contributed by atoms with Gasteiger partial charge in [0.25, 0.3) is 0 Å². The highest BCUT2D eigenvalue weighted by Gasteiger charge is 2.03. The summed E-state index contributed by atoms with van der Waals surface area (Å²) in [5.41, 5.74) is 1.51. The molecule has 0 saturated carbocycles. The fourth-order valence-corrected chi connectivity index (χ4v) is 1.23. The van der Waals surface area contributed by atoms with Crippen LogP contribution >= 0.6 is 15.9 Å². The van der Waals surface area contributed by atoms with Crippen LogP contribution in [0.2, 0.25) is 0 Å². The molecule has 0 aliphatic carbocycles. The number of Topliss-reactive ketones (excluding diaryl/α,β-unsaturated/α-hetero) is 1. The van der Waals surface area contributed by atoms with E-state index in [1.54, 1.807) is 24.3 Å². The summed E-state index contributed by atoms with van der Waals surface area (Å²) in [4.78, 5) is 10.8. The maximum absolute atomic E-state index is 11.9. The summed E-state index contributed by atoms with van der Waals surface area (Å²) in [6.07, 6.45) is 0. The molecule has 0 spiro atoms. The maximum atomic E-state index is 11.9. The summed E-state index contributed by atoms with van der Waals surface area (Å²) < 4.78 is 11.9. The molecule has 64 valence electrons. The summed E-state index contributed by atoms with van der Waals surface area (Å²) >= 11 is 3.28. The molecule has 1 aromatic rings. The number of alkyl halides is 2. The Kier molecular flexibility index (Phi) is 3.41. The number of carbonyl (C=O) groups is 1. The smallest absolute Gasteiger partial charge is 0.193 e. The minimum atomic E-state index is -0.923. The van der Waals surface area contributed by atoms with Crippen molar-refractivity contribution in [1.82, 2.24) is 0 Å². The van der Waals surface area contributed by atoms with Crippen LogP contribution in [0.25, 0.3) is 0 Å². The Hall–Kier alpha value is -0.700. The summed E-state index contributed by atoms with van der Waals surface area (Å²) in [6, 6.07) is 6.88. The van der Waals surface area contributed by atoms with Gasteiger partial charge in [0, 0.05) is 10.9 Å². The molecule has 1 aromatic carbocycles. The Morgan fingerprint density at radius 3 is 2.33 bits per heavy atom. The number of ketones is 1. The van der Waals surface area contributed by atoms with Crippen LogP contribution < -0.4 is 0 Å². The molecule has 0 N–H and O–H groups in total. The van der Waals surface area contributed by atoms with Gasteiger partial charge in [-0.15, -0.1) is 0 Å². The quantitative estimate of drug-likeness (QED) is 0.577. The molecular weight excluding hydrogens is 223 g/mol. The van der Waals surface area contributed by atoms with Gasteiger partial charge in [0.1, 0.15) is 0 Å². The molecule has 1 rings (SSSR count). The first kappa shape index (κ1) is 9.39. The van der Waals surface area contributed by atoms with E-state index in [9.17, 15) is 9.18 Å². The highest BCUT2D eigenvalue weighted by atomic mass is 79.9. The van der Waals surface area contributed by atoms with Crippen LogP contribution in [-0.2, 0) is 5.33 Å². The predicted molar refractivity (Wildman–Crippen MR) is 49.4 cm³/mol. The molecule has 1 nitrogen and oxygen atoms in total. The number of carbonyl (C=O) groups excluding carboxylic acids is 1. The van der Waals surface area contributed by atoms with E-state index in [0.29, 0.717) is 5.56 Å². The van der Waals surface area contributed by atoms with Crippen LogP contribution in [0, 0.1) is 0 Å². The van der Waals surface area contributed by atoms with E-state index in [4.69, 9.17) is 0 Å². The monoisotopic (exact) mass is 230 g/mol. The van der Waals surface area contributed by atoms with Gasteiger partial charge in [-0.05, 0) is 5.56 Å². The summed E-state index contributed by atoms with van der Waals surface area (Å²) in [6.45, 7) is -0.923. The van der Waals surface area contributed by atoms with Gasteiger partial charge in [-0.2, -0.15) is 0 Å². The Balaban J connectivity index is 2.84. The van der Waals surface area contributed by atoms with Crippen molar-refractivity contribution in [2.75, 3.05) is 6.67 Å². The SMILES string of the molecule is O=C(CF)c1ccc(CBr)cc1. The minimum absolute atomic E-state index is 0.433. The summed E-state index contributed by atoms with van der Waals surface area (Å²) in [7, 11) is 0. The van der Waals surface area contributed by atoms with Crippen molar-refractivity contribution in [3.63, 3.8) is 0 Å². The number of benzene rings is 1. The van der Waals surface area contributed by atoms with E-state index in [2.05, 4.69) is 15.9 Å². The van der Waals surface area contributed by atoms with Gasteiger partial charge in [0.2, 0.25) is 0 Å². The fraction of sp³-hybridized carbons (Fsp3) is 0.222. The number of rotatable bonds is 3. The zero-order valence-electron chi connectivity index (χ0n) is 6.39. The van der Waals surface area contributed by atoms with Crippen molar-refractivity contribution in [2.24, 2.45) is 0 Å². The average molecular weight is 231 g/mol. The highest BCUT2D eigenvalue weighted by molar-refractivity contribution is 9.08. The van der Waals surface area contributed by atoms with Gasteiger partial charge < -0.3 is 0 Å². The molecule has 0 unspecified atom stereocenters. The van der Waals surface area contributed by atoms with Crippen molar-refractivity contribution >= 4 is 21.7 Å². The third-order valence-corrected chi connectivity index (χ3v) is 2.20. The van der Waals surface area contributed by atoms with Crippen LogP contribution in [0.15, 0.2) is 24.3 Å². The second-order valence-electron chi connectivity index (χ2n) is 2.39. The largest absolute Gasteiger partial charge is 0.291 e. The standard InChI is InChI=1S/C9H8BrFO/c10-5-7-1-3-8(4-2-7)9(12)6-11/h1-4H,5-6H2. The molecule has 0 aliphatic rings. The molecule has 0 aromatic heterocycles. The van der Waals surface area contributed by atoms with E-state index < -0.39 is 12.5 Å². The molecule has 0 atom stereocenters. The van der Waals surface area contributed by atoms with Gasteiger partial charge >= 0.3 is 0 Å². The zero-order chi connectivity index (χ0) is 8.97. The van der Waals surface area contributed by atoms with Crippen molar-refractivity contribution in [3.8, 4) is 0 Å². The van der Waals surface area contributed by atoms with Crippen LogP contribution in [0.5, 0.6) is 0 Å². The second-order valence-corrected chi connectivity index (χ2v) is 2.95. The van der Waals surface area contributed by atoms with E-state index in [1.807, 2.05) is 0 Å². The Labute approximate surface area is 78.7 Å². The van der Waals surface area contributed by atoms with Crippen molar-refractivity contribution in [3.05, 3.63) is 35.4 Å². The number of hydrogen-bond donors (Lipinski definition) is 0. The molecule has 0 radical (unpaired) electrons. The lowest BCUT2D eigenvalue weighted by Gasteiger charge is -1.97. The van der Waals surface area contributed by atoms with Crippen molar-refractivity contribution in [2.45, 2.75) is 5.33 Å². The Bertz CT molecular complexity index is 268. The second kappa shape index (κ2) is 4.36.